The summed E-state index contributed by atoms with van der Waals surface area (Å²) in [7, 11) is 0. The molecule has 5 saturated heterocycles. The molecule has 0 aromatic carbocycles. The maximum absolute atomic E-state index is 3.52. The summed E-state index contributed by atoms with van der Waals surface area (Å²) < 4.78 is 0. The molecule has 0 aromatic heterocycles. The summed E-state index contributed by atoms with van der Waals surface area (Å²) in [6.07, 6.45) is 33.8. The third kappa shape index (κ3) is 67.1. The molecule has 3 unspecified atom stereocenters. The van der Waals surface area contributed by atoms with Gasteiger partial charge in [0.1, 0.15) is 0 Å². The third-order valence-electron chi connectivity index (χ3n) is 17.7. The molecule has 0 amide bonds. The number of nitrogens with one attached hydrogen (secondary N) is 7. The molecule has 8 nitrogen and oxygen atoms in total. The molecule has 0 aromatic rings. The number of hydrogen-bond acceptors (Lipinski definition) is 8. The van der Waals surface area contributed by atoms with E-state index in [0.717, 1.165) is 84.6 Å². The van der Waals surface area contributed by atoms with Crippen LogP contribution in [0.3, 0.4) is 0 Å². The van der Waals surface area contributed by atoms with Crippen LogP contribution in [0.4, 0.5) is 0 Å². The van der Waals surface area contributed by atoms with E-state index < -0.39 is 0 Å². The highest BCUT2D eigenvalue weighted by molar-refractivity contribution is 4.77. The number of hydrogen-bond donors (Lipinski definition) is 7. The summed E-state index contributed by atoms with van der Waals surface area (Å²) >= 11 is 0. The molecule has 5 heterocycles. The summed E-state index contributed by atoms with van der Waals surface area (Å²) in [5.41, 5.74) is 0. The largest absolute Gasteiger partial charge is 0.316 e. The van der Waals surface area contributed by atoms with Crippen molar-refractivity contribution in [2.45, 2.75) is 394 Å². The molecule has 88 heavy (non-hydrogen) atoms. The minimum atomic E-state index is 0.554. The average molecular weight is 1260 g/mol. The van der Waals surface area contributed by atoms with Crippen LogP contribution < -0.4 is 37.2 Å². The minimum absolute atomic E-state index is 0.554. The molecular weight excluding hydrogens is 1070 g/mol. The van der Waals surface area contributed by atoms with Crippen molar-refractivity contribution in [2.75, 3.05) is 65.7 Å². The Hall–Kier alpha value is -0.320. The zero-order valence-corrected chi connectivity index (χ0v) is 67.9. The van der Waals surface area contributed by atoms with Gasteiger partial charge in [-0.3, -0.25) is 4.90 Å². The smallest absolute Gasteiger partial charge is 0.0595 e. The molecular formula is C80H184N8. The van der Waals surface area contributed by atoms with Gasteiger partial charge >= 0.3 is 0 Å². The SMILES string of the molecule is CC.CC.CC.CC.CC.CC.CC.CC.CC(C)C1CCCCC1.CC(C)C1CCCCC1.CC(C)C1CCCCC1.CC(C)C1CCCCN1.CC(C)C1CCCNC1.CC(C)C1CCNCN1.CC(C)C1NCCCN1.CC(C)N1CCCNC1. The zero-order valence-electron chi connectivity index (χ0n) is 67.9. The molecule has 3 saturated carbocycles. The fraction of sp³-hybridized carbons (Fsp3) is 1.00. The van der Waals surface area contributed by atoms with Gasteiger partial charge in [-0.15, -0.1) is 0 Å². The first-order valence-electron chi connectivity index (χ1n) is 40.2. The van der Waals surface area contributed by atoms with Gasteiger partial charge in [-0.1, -0.05) is 310 Å². The average Bonchev–Trinajstić information content (AvgIpc) is 3.61. The maximum atomic E-state index is 3.52. The van der Waals surface area contributed by atoms with Gasteiger partial charge in [0.2, 0.25) is 0 Å². The van der Waals surface area contributed by atoms with Crippen molar-refractivity contribution in [1.82, 2.24) is 42.1 Å². The lowest BCUT2D eigenvalue weighted by Crippen LogP contribution is -2.51. The molecule has 0 radical (unpaired) electrons. The van der Waals surface area contributed by atoms with Crippen LogP contribution in [0.25, 0.3) is 0 Å². The summed E-state index contributed by atoms with van der Waals surface area (Å²) in [5.74, 6) is 10.1. The fourth-order valence-electron chi connectivity index (χ4n) is 11.8. The first-order chi connectivity index (χ1) is 42.4. The standard InChI is InChI=1S/3C9H18.2C8H17N.3C7H16N2.8C2H6/c3*1-8(2)9-6-4-3-5-7-9;1-7(2)8-4-3-5-9-6-8;1-7(2)8-5-3-4-6-9-8;1-6(2)7-3-4-8-5-9-7;1-7(2)9-5-3-4-8-6-9;1-6(2)7-8-4-3-5-9-7;8*1-2/h3*8-9H,3-7H2,1-2H3;2*7-9H,3-6H2,1-2H3;6-9H,3-5H2,1-2H3;7-8H,3-6H2,1-2H3;6-9H,3-5H2,1-2H3;8*1-2H3. The van der Waals surface area contributed by atoms with E-state index in [9.17, 15) is 0 Å². The van der Waals surface area contributed by atoms with Gasteiger partial charge < -0.3 is 37.2 Å². The van der Waals surface area contributed by atoms with Crippen LogP contribution in [0.5, 0.6) is 0 Å². The third-order valence-corrected chi connectivity index (χ3v) is 17.7. The van der Waals surface area contributed by atoms with Gasteiger partial charge in [0.15, 0.2) is 0 Å². The monoisotopic (exact) mass is 1260 g/mol. The van der Waals surface area contributed by atoms with Crippen LogP contribution in [-0.4, -0.2) is 94.9 Å². The Balaban J connectivity index is -0.000000134. The molecule has 8 fully saturated rings. The predicted octanol–water partition coefficient (Wildman–Crippen LogP) is 23.1. The summed E-state index contributed by atoms with van der Waals surface area (Å²) in [6, 6.07) is 2.25. The zero-order chi connectivity index (χ0) is 69.5. The lowest BCUT2D eigenvalue weighted by Gasteiger charge is -2.30. The number of rotatable bonds is 8. The van der Waals surface area contributed by atoms with E-state index in [1.165, 1.54) is 200 Å². The van der Waals surface area contributed by atoms with E-state index in [4.69, 9.17) is 0 Å². The quantitative estimate of drug-likeness (QED) is 0.129. The molecule has 8 heteroatoms. The summed E-state index contributed by atoms with van der Waals surface area (Å²) in [4.78, 5) is 2.45. The van der Waals surface area contributed by atoms with Crippen LogP contribution in [0, 0.1) is 65.1 Å². The number of nitrogens with zero attached hydrogens (tertiary/aromatic N) is 1. The van der Waals surface area contributed by atoms with E-state index in [1.807, 2.05) is 111 Å². The Morgan fingerprint density at radius 2 is 0.614 bits per heavy atom. The van der Waals surface area contributed by atoms with Crippen molar-refractivity contribution in [3.8, 4) is 0 Å². The van der Waals surface area contributed by atoms with Gasteiger partial charge in [-0.05, 0) is 170 Å². The highest BCUT2D eigenvalue weighted by atomic mass is 15.3. The lowest BCUT2D eigenvalue weighted by atomic mass is 9.82. The molecule has 8 rings (SSSR count). The molecule has 0 spiro atoms. The van der Waals surface area contributed by atoms with Gasteiger partial charge in [0.25, 0.3) is 0 Å². The summed E-state index contributed by atoms with van der Waals surface area (Å²) in [6.45, 7) is 80.6. The van der Waals surface area contributed by atoms with Crippen molar-refractivity contribution in [3.05, 3.63) is 0 Å². The van der Waals surface area contributed by atoms with E-state index in [-0.39, 0.29) is 0 Å². The topological polar surface area (TPSA) is 87.4 Å². The Morgan fingerprint density at radius 1 is 0.261 bits per heavy atom. The first kappa shape index (κ1) is 104. The first-order valence-corrected chi connectivity index (χ1v) is 40.2. The molecule has 7 N–H and O–H groups in total. The van der Waals surface area contributed by atoms with Crippen LogP contribution in [-0.2, 0) is 0 Å². The molecule has 0 bridgehead atoms. The molecule has 3 aliphatic carbocycles. The Morgan fingerprint density at radius 3 is 0.818 bits per heavy atom. The van der Waals surface area contributed by atoms with Crippen LogP contribution in [0.15, 0.2) is 0 Å². The van der Waals surface area contributed by atoms with Crippen LogP contribution in [0.1, 0.15) is 369 Å². The highest BCUT2D eigenvalue weighted by Gasteiger charge is 2.20. The van der Waals surface area contributed by atoms with Crippen LogP contribution in [0.2, 0.25) is 0 Å². The van der Waals surface area contributed by atoms with Crippen molar-refractivity contribution in [3.63, 3.8) is 0 Å². The van der Waals surface area contributed by atoms with Gasteiger partial charge in [-0.25, -0.2) is 0 Å². The Labute approximate surface area is 563 Å². The highest BCUT2D eigenvalue weighted by Crippen LogP contribution is 2.31. The normalized spacial score (nSPS) is 21.2. The van der Waals surface area contributed by atoms with Crippen LogP contribution >= 0.6 is 0 Å². The lowest BCUT2D eigenvalue weighted by molar-refractivity contribution is 0.173. The van der Waals surface area contributed by atoms with Crippen molar-refractivity contribution < 1.29 is 0 Å². The van der Waals surface area contributed by atoms with E-state index in [0.29, 0.717) is 18.1 Å². The fourth-order valence-corrected chi connectivity index (χ4v) is 11.8. The van der Waals surface area contributed by atoms with E-state index >= 15 is 0 Å². The van der Waals surface area contributed by atoms with Crippen molar-refractivity contribution in [1.29, 1.82) is 0 Å². The molecule has 8 aliphatic rings. The second kappa shape index (κ2) is 82.8. The van der Waals surface area contributed by atoms with Gasteiger partial charge in [0, 0.05) is 38.0 Å². The second-order valence-corrected chi connectivity index (χ2v) is 26.5. The van der Waals surface area contributed by atoms with Crippen molar-refractivity contribution >= 4 is 0 Å². The number of piperidine rings is 2. The molecule has 544 valence electrons. The van der Waals surface area contributed by atoms with E-state index in [1.54, 1.807) is 0 Å². The predicted molar refractivity (Wildman–Crippen MR) is 414 cm³/mol. The van der Waals surface area contributed by atoms with E-state index in [2.05, 4.69) is 153 Å². The van der Waals surface area contributed by atoms with Gasteiger partial charge in [0.05, 0.1) is 6.17 Å². The second-order valence-electron chi connectivity index (χ2n) is 26.5. The Kier molecular flexibility index (Phi) is 97.6. The Bertz CT molecular complexity index is 848. The van der Waals surface area contributed by atoms with Crippen molar-refractivity contribution in [2.24, 2.45) is 65.1 Å². The van der Waals surface area contributed by atoms with Gasteiger partial charge in [-0.2, -0.15) is 0 Å². The molecule has 5 aliphatic heterocycles. The maximum Gasteiger partial charge on any atom is 0.0595 e. The minimum Gasteiger partial charge on any atom is -0.316 e. The summed E-state index contributed by atoms with van der Waals surface area (Å²) in [5, 5.41) is 23.8. The molecule has 3 atom stereocenters.